The molecular weight excluding hydrogens is 340 g/mol. The lowest BCUT2D eigenvalue weighted by atomic mass is 9.80. The molecule has 0 aromatic heterocycles. The van der Waals surface area contributed by atoms with Crippen LogP contribution in [-0.2, 0) is 16.6 Å². The third-order valence-electron chi connectivity index (χ3n) is 3.70. The third-order valence-corrected chi connectivity index (χ3v) is 6.33. The molecule has 112 valence electrons. The van der Waals surface area contributed by atoms with Crippen molar-refractivity contribution < 1.29 is 8.42 Å². The van der Waals surface area contributed by atoms with Crippen molar-refractivity contribution in [1.29, 1.82) is 0 Å². The van der Waals surface area contributed by atoms with Crippen molar-refractivity contribution in [3.63, 3.8) is 0 Å². The SMILES string of the molecule is CCNCc1ccc(Br)c(S(=O)(=O)NC2(C)CCC2)c1. The van der Waals surface area contributed by atoms with Gasteiger partial charge in [-0.05, 0) is 66.4 Å². The van der Waals surface area contributed by atoms with E-state index in [1.165, 1.54) is 0 Å². The second kappa shape index (κ2) is 6.13. The monoisotopic (exact) mass is 360 g/mol. The topological polar surface area (TPSA) is 58.2 Å². The highest BCUT2D eigenvalue weighted by Crippen LogP contribution is 2.33. The summed E-state index contributed by atoms with van der Waals surface area (Å²) in [5.74, 6) is 0. The predicted octanol–water partition coefficient (Wildman–Crippen LogP) is 2.78. The average molecular weight is 361 g/mol. The zero-order valence-electron chi connectivity index (χ0n) is 11.9. The summed E-state index contributed by atoms with van der Waals surface area (Å²) in [5.41, 5.74) is 0.685. The molecule has 0 amide bonds. The maximum absolute atomic E-state index is 12.5. The Balaban J connectivity index is 2.25. The summed E-state index contributed by atoms with van der Waals surface area (Å²) < 4.78 is 28.5. The van der Waals surface area contributed by atoms with Crippen LogP contribution in [0.15, 0.2) is 27.6 Å². The normalized spacial score (nSPS) is 17.8. The van der Waals surface area contributed by atoms with E-state index >= 15 is 0 Å². The molecule has 1 aromatic carbocycles. The number of sulfonamides is 1. The van der Waals surface area contributed by atoms with Crippen molar-refractivity contribution in [3.8, 4) is 0 Å². The number of benzene rings is 1. The van der Waals surface area contributed by atoms with Crippen LogP contribution in [0.25, 0.3) is 0 Å². The van der Waals surface area contributed by atoms with Crippen LogP contribution in [0.3, 0.4) is 0 Å². The third kappa shape index (κ3) is 3.61. The molecule has 1 aliphatic rings. The highest BCUT2D eigenvalue weighted by molar-refractivity contribution is 9.10. The number of rotatable bonds is 6. The number of hydrogen-bond acceptors (Lipinski definition) is 3. The van der Waals surface area contributed by atoms with Crippen LogP contribution in [0.2, 0.25) is 0 Å². The first-order chi connectivity index (χ1) is 9.36. The summed E-state index contributed by atoms with van der Waals surface area (Å²) in [4.78, 5) is 0.320. The van der Waals surface area contributed by atoms with E-state index in [0.717, 1.165) is 31.4 Å². The van der Waals surface area contributed by atoms with Crippen LogP contribution >= 0.6 is 15.9 Å². The van der Waals surface area contributed by atoms with Gasteiger partial charge in [0.05, 0.1) is 4.90 Å². The first kappa shape index (κ1) is 15.9. The largest absolute Gasteiger partial charge is 0.313 e. The van der Waals surface area contributed by atoms with Crippen molar-refractivity contribution in [2.75, 3.05) is 6.54 Å². The Bertz CT molecular complexity index is 583. The van der Waals surface area contributed by atoms with Crippen LogP contribution in [0.1, 0.15) is 38.7 Å². The lowest BCUT2D eigenvalue weighted by Crippen LogP contribution is -2.50. The molecule has 1 aliphatic carbocycles. The molecule has 6 heteroatoms. The molecule has 2 N–H and O–H groups in total. The van der Waals surface area contributed by atoms with Crippen molar-refractivity contribution in [2.45, 2.75) is 50.1 Å². The van der Waals surface area contributed by atoms with E-state index in [4.69, 9.17) is 0 Å². The first-order valence-corrected chi connectivity index (χ1v) is 9.17. The summed E-state index contributed by atoms with van der Waals surface area (Å²) in [7, 11) is -3.48. The highest BCUT2D eigenvalue weighted by atomic mass is 79.9. The second-order valence-electron chi connectivity index (χ2n) is 5.56. The highest BCUT2D eigenvalue weighted by Gasteiger charge is 2.36. The smallest absolute Gasteiger partial charge is 0.242 e. The maximum atomic E-state index is 12.5. The average Bonchev–Trinajstić information content (AvgIpc) is 2.35. The molecule has 1 fully saturated rings. The van der Waals surface area contributed by atoms with Gasteiger partial charge in [0.25, 0.3) is 0 Å². The summed E-state index contributed by atoms with van der Waals surface area (Å²) in [5, 5.41) is 3.20. The number of halogens is 1. The molecule has 1 aromatic rings. The molecule has 2 rings (SSSR count). The quantitative estimate of drug-likeness (QED) is 0.819. The Morgan fingerprint density at radius 1 is 1.35 bits per heavy atom. The number of hydrogen-bond donors (Lipinski definition) is 2. The first-order valence-electron chi connectivity index (χ1n) is 6.89. The lowest BCUT2D eigenvalue weighted by molar-refractivity contribution is 0.248. The van der Waals surface area contributed by atoms with Gasteiger partial charge in [0, 0.05) is 16.6 Å². The maximum Gasteiger partial charge on any atom is 0.242 e. The molecule has 1 saturated carbocycles. The van der Waals surface area contributed by atoms with Gasteiger partial charge >= 0.3 is 0 Å². The minimum absolute atomic E-state index is 0.282. The predicted molar refractivity (Wildman–Crippen MR) is 84.1 cm³/mol. The Kier molecular flexibility index (Phi) is 4.89. The van der Waals surface area contributed by atoms with Gasteiger partial charge < -0.3 is 5.32 Å². The van der Waals surface area contributed by atoms with E-state index < -0.39 is 10.0 Å². The van der Waals surface area contributed by atoms with E-state index in [1.54, 1.807) is 12.1 Å². The zero-order valence-corrected chi connectivity index (χ0v) is 14.3. The molecular formula is C14H21BrN2O2S. The summed E-state index contributed by atoms with van der Waals surface area (Å²) in [6.07, 6.45) is 2.89. The van der Waals surface area contributed by atoms with Gasteiger partial charge in [-0.15, -0.1) is 0 Å². The van der Waals surface area contributed by atoms with Crippen LogP contribution in [0, 0.1) is 0 Å². The fourth-order valence-electron chi connectivity index (χ4n) is 2.32. The van der Waals surface area contributed by atoms with Gasteiger partial charge in [0.15, 0.2) is 0 Å². The molecule has 0 bridgehead atoms. The van der Waals surface area contributed by atoms with Crippen LogP contribution in [-0.4, -0.2) is 20.5 Å². The van der Waals surface area contributed by atoms with Gasteiger partial charge in [-0.2, -0.15) is 0 Å². The molecule has 20 heavy (non-hydrogen) atoms. The minimum atomic E-state index is -3.48. The van der Waals surface area contributed by atoms with Gasteiger partial charge in [-0.3, -0.25) is 0 Å². The van der Waals surface area contributed by atoms with E-state index in [2.05, 4.69) is 26.0 Å². The summed E-state index contributed by atoms with van der Waals surface area (Å²) in [6, 6.07) is 5.46. The molecule has 0 heterocycles. The second-order valence-corrected chi connectivity index (χ2v) is 8.07. The van der Waals surface area contributed by atoms with Gasteiger partial charge in [-0.25, -0.2) is 13.1 Å². The van der Waals surface area contributed by atoms with Crippen molar-refractivity contribution in [2.24, 2.45) is 0 Å². The molecule has 0 atom stereocenters. The lowest BCUT2D eigenvalue weighted by Gasteiger charge is -2.38. The zero-order chi connectivity index (χ0) is 14.8. The Morgan fingerprint density at radius 3 is 2.60 bits per heavy atom. The van der Waals surface area contributed by atoms with Crippen LogP contribution in [0.5, 0.6) is 0 Å². The van der Waals surface area contributed by atoms with Crippen molar-refractivity contribution >= 4 is 26.0 Å². The fourth-order valence-corrected chi connectivity index (χ4v) is 4.80. The van der Waals surface area contributed by atoms with E-state index in [0.29, 0.717) is 15.9 Å². The molecule has 0 radical (unpaired) electrons. The van der Waals surface area contributed by atoms with Crippen LogP contribution < -0.4 is 10.0 Å². The van der Waals surface area contributed by atoms with Crippen LogP contribution in [0.4, 0.5) is 0 Å². The molecule has 0 unspecified atom stereocenters. The minimum Gasteiger partial charge on any atom is -0.313 e. The van der Waals surface area contributed by atoms with Gasteiger partial charge in [0.2, 0.25) is 10.0 Å². The molecule has 0 spiro atoms. The molecule has 0 aliphatic heterocycles. The van der Waals surface area contributed by atoms with Crippen molar-refractivity contribution in [1.82, 2.24) is 10.0 Å². The number of nitrogens with one attached hydrogen (secondary N) is 2. The van der Waals surface area contributed by atoms with Gasteiger partial charge in [-0.1, -0.05) is 13.0 Å². The van der Waals surface area contributed by atoms with Crippen molar-refractivity contribution in [3.05, 3.63) is 28.2 Å². The molecule has 4 nitrogen and oxygen atoms in total. The van der Waals surface area contributed by atoms with E-state index in [1.807, 2.05) is 19.9 Å². The standard InChI is InChI=1S/C14H21BrN2O2S/c1-3-16-10-11-5-6-12(15)13(9-11)20(18,19)17-14(2)7-4-8-14/h5-6,9,16-17H,3-4,7-8,10H2,1-2H3. The fraction of sp³-hybridized carbons (Fsp3) is 0.571. The Morgan fingerprint density at radius 2 is 2.05 bits per heavy atom. The summed E-state index contributed by atoms with van der Waals surface area (Å²) >= 11 is 3.34. The van der Waals surface area contributed by atoms with Gasteiger partial charge in [0.1, 0.15) is 0 Å². The van der Waals surface area contributed by atoms with E-state index in [-0.39, 0.29) is 5.54 Å². The van der Waals surface area contributed by atoms with E-state index in [9.17, 15) is 8.42 Å². The Hall–Kier alpha value is -0.430. The Labute approximate surface area is 129 Å². The summed E-state index contributed by atoms with van der Waals surface area (Å²) in [6.45, 7) is 5.51. The molecule has 0 saturated heterocycles.